The van der Waals surface area contributed by atoms with Gasteiger partial charge in [-0.15, -0.1) is 0 Å². The van der Waals surface area contributed by atoms with E-state index in [0.717, 1.165) is 25.1 Å². The molecule has 140 valence electrons. The molecule has 4 rings (SSSR count). The van der Waals surface area contributed by atoms with Gasteiger partial charge in [-0.2, -0.15) is 0 Å². The molecule has 0 saturated carbocycles. The Kier molecular flexibility index (Phi) is 5.59. The lowest BCUT2D eigenvalue weighted by molar-refractivity contribution is 0.0984. The van der Waals surface area contributed by atoms with Gasteiger partial charge in [0.2, 0.25) is 0 Å². The second-order valence-corrected chi connectivity index (χ2v) is 8.36. The fourth-order valence-corrected chi connectivity index (χ4v) is 4.47. The van der Waals surface area contributed by atoms with Crippen molar-refractivity contribution >= 4 is 55.2 Å². The van der Waals surface area contributed by atoms with Gasteiger partial charge in [-0.1, -0.05) is 53.8 Å². The Morgan fingerprint density at radius 2 is 1.82 bits per heavy atom. The van der Waals surface area contributed by atoms with Crippen LogP contribution in [0.3, 0.4) is 0 Å². The maximum atomic E-state index is 13.4. The molecule has 1 aromatic heterocycles. The van der Waals surface area contributed by atoms with Crippen molar-refractivity contribution in [1.82, 2.24) is 4.98 Å². The number of aromatic nitrogens is 1. The topological polar surface area (TPSA) is 42.4 Å². The van der Waals surface area contributed by atoms with Crippen LogP contribution in [0, 0.1) is 3.57 Å². The molecule has 0 aliphatic heterocycles. The number of methoxy groups -OCH3 is 1. The molecule has 0 unspecified atom stereocenters. The third-order valence-corrected chi connectivity index (χ3v) is 6.35. The fraction of sp³-hybridized carbons (Fsp3) is 0.0909. The van der Waals surface area contributed by atoms with Crippen LogP contribution in [0.4, 0.5) is 5.13 Å². The monoisotopic (exact) mass is 500 g/mol. The number of benzene rings is 3. The number of rotatable bonds is 5. The summed E-state index contributed by atoms with van der Waals surface area (Å²) in [6.45, 7) is 0.460. The average Bonchev–Trinajstić information content (AvgIpc) is 3.15. The lowest BCUT2D eigenvalue weighted by Crippen LogP contribution is -2.30. The van der Waals surface area contributed by atoms with Gasteiger partial charge in [-0.3, -0.25) is 9.69 Å². The van der Waals surface area contributed by atoms with Gasteiger partial charge in [0.25, 0.3) is 5.91 Å². The van der Waals surface area contributed by atoms with E-state index in [4.69, 9.17) is 9.72 Å². The highest BCUT2D eigenvalue weighted by molar-refractivity contribution is 14.1. The number of carbonyl (C=O) groups excluding carboxylic acids is 1. The Labute approximate surface area is 180 Å². The predicted molar refractivity (Wildman–Crippen MR) is 122 cm³/mol. The summed E-state index contributed by atoms with van der Waals surface area (Å²) in [5, 5.41) is 0.678. The molecule has 3 aromatic carbocycles. The van der Waals surface area contributed by atoms with Crippen molar-refractivity contribution in [2.45, 2.75) is 6.54 Å². The summed E-state index contributed by atoms with van der Waals surface area (Å²) in [6, 6.07) is 23.4. The van der Waals surface area contributed by atoms with Crippen molar-refractivity contribution in [3.8, 4) is 5.75 Å². The van der Waals surface area contributed by atoms with Gasteiger partial charge in [-0.05, 0) is 52.4 Å². The maximum Gasteiger partial charge on any atom is 0.261 e. The number of hydrogen-bond acceptors (Lipinski definition) is 4. The molecule has 0 atom stereocenters. The molecule has 0 bridgehead atoms. The largest absolute Gasteiger partial charge is 0.497 e. The minimum atomic E-state index is -0.0557. The highest BCUT2D eigenvalue weighted by Crippen LogP contribution is 2.33. The van der Waals surface area contributed by atoms with Gasteiger partial charge in [0.05, 0.1) is 29.4 Å². The third-order valence-electron chi connectivity index (χ3n) is 4.35. The summed E-state index contributed by atoms with van der Waals surface area (Å²) in [6.07, 6.45) is 0. The molecule has 1 amide bonds. The summed E-state index contributed by atoms with van der Waals surface area (Å²) in [5.41, 5.74) is 2.56. The molecule has 0 aliphatic rings. The van der Waals surface area contributed by atoms with E-state index in [1.807, 2.05) is 72.8 Å². The van der Waals surface area contributed by atoms with E-state index in [-0.39, 0.29) is 5.91 Å². The van der Waals surface area contributed by atoms with Gasteiger partial charge < -0.3 is 4.74 Å². The molecule has 6 heteroatoms. The first-order chi connectivity index (χ1) is 13.7. The Morgan fingerprint density at radius 3 is 2.57 bits per heavy atom. The van der Waals surface area contributed by atoms with E-state index in [2.05, 4.69) is 22.6 Å². The quantitative estimate of drug-likeness (QED) is 0.328. The number of carbonyl (C=O) groups is 1. The molecule has 0 spiro atoms. The summed E-state index contributed by atoms with van der Waals surface area (Å²) in [4.78, 5) is 19.9. The van der Waals surface area contributed by atoms with E-state index in [1.165, 1.54) is 11.3 Å². The molecule has 4 nitrogen and oxygen atoms in total. The molecule has 0 saturated heterocycles. The van der Waals surface area contributed by atoms with Crippen LogP contribution in [0.1, 0.15) is 15.9 Å². The molecule has 0 fully saturated rings. The zero-order chi connectivity index (χ0) is 19.5. The number of halogens is 1. The van der Waals surface area contributed by atoms with Crippen LogP contribution < -0.4 is 9.64 Å². The fourth-order valence-electron chi connectivity index (χ4n) is 2.91. The standard InChI is InChI=1S/C22H17IN2O2S/c1-27-16-11-12-20-19(13-16)24-22(28-20)25(14-15-7-3-2-4-8-15)21(26)17-9-5-6-10-18(17)23/h2-13H,14H2,1H3. The van der Waals surface area contributed by atoms with Gasteiger partial charge in [0.1, 0.15) is 5.75 Å². The van der Waals surface area contributed by atoms with E-state index in [9.17, 15) is 4.79 Å². The summed E-state index contributed by atoms with van der Waals surface area (Å²) in [5.74, 6) is 0.697. The van der Waals surface area contributed by atoms with Crippen molar-refractivity contribution in [2.24, 2.45) is 0 Å². The van der Waals surface area contributed by atoms with Gasteiger partial charge in [-0.25, -0.2) is 4.98 Å². The van der Waals surface area contributed by atoms with Gasteiger partial charge in [0.15, 0.2) is 5.13 Å². The number of nitrogens with zero attached hydrogens (tertiary/aromatic N) is 2. The third kappa shape index (κ3) is 3.88. The van der Waals surface area contributed by atoms with Crippen LogP contribution >= 0.6 is 33.9 Å². The highest BCUT2D eigenvalue weighted by atomic mass is 127. The SMILES string of the molecule is COc1ccc2sc(N(Cc3ccccc3)C(=O)c3ccccc3I)nc2c1. The molecular weight excluding hydrogens is 483 g/mol. The van der Waals surface area contributed by atoms with Gasteiger partial charge >= 0.3 is 0 Å². The predicted octanol–water partition coefficient (Wildman–Crippen LogP) is 5.76. The van der Waals surface area contributed by atoms with Crippen LogP contribution in [-0.2, 0) is 6.54 Å². The molecular formula is C22H17IN2O2S. The van der Waals surface area contributed by atoms with Crippen LogP contribution in [-0.4, -0.2) is 18.0 Å². The lowest BCUT2D eigenvalue weighted by Gasteiger charge is -2.20. The zero-order valence-electron chi connectivity index (χ0n) is 15.1. The number of anilines is 1. The Morgan fingerprint density at radius 1 is 1.07 bits per heavy atom. The molecule has 28 heavy (non-hydrogen) atoms. The smallest absolute Gasteiger partial charge is 0.261 e. The average molecular weight is 500 g/mol. The molecule has 0 N–H and O–H groups in total. The van der Waals surface area contributed by atoms with E-state index in [1.54, 1.807) is 12.0 Å². The number of amides is 1. The van der Waals surface area contributed by atoms with Crippen molar-refractivity contribution in [1.29, 1.82) is 0 Å². The van der Waals surface area contributed by atoms with Crippen molar-refractivity contribution in [2.75, 3.05) is 12.0 Å². The molecule has 0 aliphatic carbocycles. The second kappa shape index (κ2) is 8.28. The first-order valence-corrected chi connectivity index (χ1v) is 10.6. The Balaban J connectivity index is 1.78. The normalized spacial score (nSPS) is 10.8. The van der Waals surface area contributed by atoms with Crippen LogP contribution in [0.15, 0.2) is 72.8 Å². The van der Waals surface area contributed by atoms with Crippen LogP contribution in [0.25, 0.3) is 10.2 Å². The van der Waals surface area contributed by atoms with E-state index < -0.39 is 0 Å². The Hall–Kier alpha value is -2.45. The Bertz CT molecular complexity index is 1130. The molecule has 4 aromatic rings. The lowest BCUT2D eigenvalue weighted by atomic mass is 10.1. The highest BCUT2D eigenvalue weighted by Gasteiger charge is 2.23. The first-order valence-electron chi connectivity index (χ1n) is 8.70. The number of ether oxygens (including phenoxy) is 1. The van der Waals surface area contributed by atoms with Crippen molar-refractivity contribution < 1.29 is 9.53 Å². The maximum absolute atomic E-state index is 13.4. The van der Waals surface area contributed by atoms with E-state index in [0.29, 0.717) is 17.2 Å². The minimum absolute atomic E-state index is 0.0557. The second-order valence-electron chi connectivity index (χ2n) is 6.19. The van der Waals surface area contributed by atoms with Crippen molar-refractivity contribution in [3.05, 3.63) is 87.5 Å². The number of hydrogen-bond donors (Lipinski definition) is 0. The number of fused-ring (bicyclic) bond motifs is 1. The molecule has 0 radical (unpaired) electrons. The first kappa shape index (κ1) is 18.9. The van der Waals surface area contributed by atoms with Crippen LogP contribution in [0.5, 0.6) is 5.75 Å². The van der Waals surface area contributed by atoms with Crippen molar-refractivity contribution in [3.63, 3.8) is 0 Å². The summed E-state index contributed by atoms with van der Waals surface area (Å²) < 4.78 is 7.24. The number of thiazole rings is 1. The minimum Gasteiger partial charge on any atom is -0.497 e. The zero-order valence-corrected chi connectivity index (χ0v) is 18.1. The van der Waals surface area contributed by atoms with E-state index >= 15 is 0 Å². The van der Waals surface area contributed by atoms with Gasteiger partial charge in [0, 0.05) is 9.64 Å². The van der Waals surface area contributed by atoms with Crippen LogP contribution in [0.2, 0.25) is 0 Å². The summed E-state index contributed by atoms with van der Waals surface area (Å²) >= 11 is 3.71. The molecule has 1 heterocycles. The summed E-state index contributed by atoms with van der Waals surface area (Å²) in [7, 11) is 1.64.